The lowest BCUT2D eigenvalue weighted by Gasteiger charge is -2.27. The Morgan fingerprint density at radius 3 is 2.72 bits per heavy atom. The number of nitrogens with one attached hydrogen (secondary N) is 1. The number of benzene rings is 1. The largest absolute Gasteiger partial charge is 0.322 e. The Morgan fingerprint density at radius 1 is 1.44 bits per heavy atom. The molecule has 1 aliphatic rings. The predicted molar refractivity (Wildman–Crippen MR) is 73.4 cm³/mol. The molecule has 18 heavy (non-hydrogen) atoms. The van der Waals surface area contributed by atoms with Gasteiger partial charge in [-0.1, -0.05) is 44.0 Å². The van der Waals surface area contributed by atoms with Crippen LogP contribution in [0.5, 0.6) is 0 Å². The molecule has 2 rings (SSSR count). The highest BCUT2D eigenvalue weighted by Crippen LogP contribution is 2.25. The van der Waals surface area contributed by atoms with Gasteiger partial charge in [0.15, 0.2) is 0 Å². The van der Waals surface area contributed by atoms with Gasteiger partial charge in [-0.3, -0.25) is 10.1 Å². The van der Waals surface area contributed by atoms with Crippen LogP contribution < -0.4 is 5.32 Å². The molecule has 1 aromatic carbocycles. The summed E-state index contributed by atoms with van der Waals surface area (Å²) in [5.41, 5.74) is 1.09. The first-order valence-electron chi connectivity index (χ1n) is 6.40. The molecule has 0 saturated carbocycles. The molecule has 1 fully saturated rings. The van der Waals surface area contributed by atoms with Gasteiger partial charge in [0.2, 0.25) is 5.91 Å². The zero-order valence-electron chi connectivity index (χ0n) is 10.8. The lowest BCUT2D eigenvalue weighted by atomic mass is 10.1. The highest BCUT2D eigenvalue weighted by molar-refractivity contribution is 6.30. The summed E-state index contributed by atoms with van der Waals surface area (Å²) >= 11 is 5.89. The van der Waals surface area contributed by atoms with Gasteiger partial charge in [-0.2, -0.15) is 0 Å². The third-order valence-electron chi connectivity index (χ3n) is 3.47. The van der Waals surface area contributed by atoms with Gasteiger partial charge in [-0.15, -0.1) is 0 Å². The van der Waals surface area contributed by atoms with E-state index in [1.807, 2.05) is 29.2 Å². The second-order valence-electron chi connectivity index (χ2n) is 4.89. The average molecular weight is 267 g/mol. The second-order valence-corrected chi connectivity index (χ2v) is 5.33. The van der Waals surface area contributed by atoms with Crippen LogP contribution >= 0.6 is 11.6 Å². The van der Waals surface area contributed by atoms with E-state index in [1.165, 1.54) is 0 Å². The molecule has 0 bridgehead atoms. The molecule has 3 nitrogen and oxygen atoms in total. The van der Waals surface area contributed by atoms with Crippen molar-refractivity contribution in [3.05, 3.63) is 34.9 Å². The second kappa shape index (κ2) is 5.72. The van der Waals surface area contributed by atoms with Gasteiger partial charge in [0, 0.05) is 11.6 Å². The molecule has 98 valence electrons. The fourth-order valence-electron chi connectivity index (χ4n) is 2.15. The number of carbonyl (C=O) groups excluding carboxylic acids is 1. The van der Waals surface area contributed by atoms with E-state index in [-0.39, 0.29) is 12.1 Å². The quantitative estimate of drug-likeness (QED) is 0.909. The summed E-state index contributed by atoms with van der Waals surface area (Å²) in [6.45, 7) is 5.54. The van der Waals surface area contributed by atoms with E-state index in [2.05, 4.69) is 19.2 Å². The summed E-state index contributed by atoms with van der Waals surface area (Å²) in [6.07, 6.45) is 1.07. The number of rotatable bonds is 4. The minimum Gasteiger partial charge on any atom is -0.322 e. The molecule has 2 unspecified atom stereocenters. The Labute approximate surface area is 113 Å². The maximum absolute atomic E-state index is 11.9. The zero-order valence-corrected chi connectivity index (χ0v) is 11.6. The zero-order chi connectivity index (χ0) is 13.1. The van der Waals surface area contributed by atoms with Crippen molar-refractivity contribution >= 4 is 17.5 Å². The summed E-state index contributed by atoms with van der Waals surface area (Å²) < 4.78 is 0. The number of hydrogen-bond donors (Lipinski definition) is 1. The van der Waals surface area contributed by atoms with Gasteiger partial charge in [-0.05, 0) is 23.6 Å². The summed E-state index contributed by atoms with van der Waals surface area (Å²) in [6, 6.07) is 7.68. The van der Waals surface area contributed by atoms with Gasteiger partial charge in [0.05, 0.1) is 6.54 Å². The van der Waals surface area contributed by atoms with E-state index in [0.29, 0.717) is 12.5 Å². The molecule has 1 aromatic rings. The van der Waals surface area contributed by atoms with Crippen molar-refractivity contribution < 1.29 is 4.79 Å². The highest BCUT2D eigenvalue weighted by atomic mass is 35.5. The van der Waals surface area contributed by atoms with E-state index in [4.69, 9.17) is 11.6 Å². The van der Waals surface area contributed by atoms with Gasteiger partial charge in [-0.25, -0.2) is 0 Å². The van der Waals surface area contributed by atoms with Crippen molar-refractivity contribution in [2.75, 3.05) is 13.1 Å². The topological polar surface area (TPSA) is 32.3 Å². The Balaban J connectivity index is 2.15. The van der Waals surface area contributed by atoms with Crippen LogP contribution in [-0.2, 0) is 4.79 Å². The number of hydrogen-bond acceptors (Lipinski definition) is 2. The Hall–Kier alpha value is -1.06. The van der Waals surface area contributed by atoms with Crippen molar-refractivity contribution in [3.8, 4) is 0 Å². The van der Waals surface area contributed by atoms with E-state index in [0.717, 1.165) is 23.6 Å². The standard InChI is InChI=1S/C14H19ClN2O/c1-3-10(2)9-17-13(18)8-16-14(17)11-4-6-12(15)7-5-11/h4-7,10,14,16H,3,8-9H2,1-2H3. The van der Waals surface area contributed by atoms with Gasteiger partial charge in [0.25, 0.3) is 0 Å². The average Bonchev–Trinajstić information content (AvgIpc) is 2.72. The first-order chi connectivity index (χ1) is 8.61. The first kappa shape index (κ1) is 13.4. The van der Waals surface area contributed by atoms with Gasteiger partial charge >= 0.3 is 0 Å². The number of halogens is 1. The van der Waals surface area contributed by atoms with Crippen molar-refractivity contribution in [3.63, 3.8) is 0 Å². The van der Waals surface area contributed by atoms with Crippen LogP contribution in [0.3, 0.4) is 0 Å². The van der Waals surface area contributed by atoms with Crippen molar-refractivity contribution in [1.29, 1.82) is 0 Å². The molecule has 0 aliphatic carbocycles. The Kier molecular flexibility index (Phi) is 4.25. The van der Waals surface area contributed by atoms with Gasteiger partial charge < -0.3 is 4.90 Å². The Morgan fingerprint density at radius 2 is 2.11 bits per heavy atom. The molecule has 0 spiro atoms. The minimum atomic E-state index is -0.0104. The molecule has 0 radical (unpaired) electrons. The van der Waals surface area contributed by atoms with Crippen LogP contribution in [0, 0.1) is 5.92 Å². The van der Waals surface area contributed by atoms with Crippen LogP contribution in [0.15, 0.2) is 24.3 Å². The maximum Gasteiger partial charge on any atom is 0.238 e. The summed E-state index contributed by atoms with van der Waals surface area (Å²) in [4.78, 5) is 13.8. The first-order valence-corrected chi connectivity index (χ1v) is 6.78. The van der Waals surface area contributed by atoms with E-state index in [9.17, 15) is 4.79 Å². The van der Waals surface area contributed by atoms with Crippen molar-refractivity contribution in [2.24, 2.45) is 5.92 Å². The molecule has 2 atom stereocenters. The molecule has 1 N–H and O–H groups in total. The molecule has 1 saturated heterocycles. The van der Waals surface area contributed by atoms with E-state index < -0.39 is 0 Å². The normalized spacial score (nSPS) is 21.4. The molecular formula is C14H19ClN2O. The predicted octanol–water partition coefficient (Wildman–Crippen LogP) is 2.82. The molecule has 0 aromatic heterocycles. The molecule has 1 amide bonds. The van der Waals surface area contributed by atoms with E-state index >= 15 is 0 Å². The third kappa shape index (κ3) is 2.85. The fourth-order valence-corrected chi connectivity index (χ4v) is 2.28. The van der Waals surface area contributed by atoms with Crippen molar-refractivity contribution in [2.45, 2.75) is 26.4 Å². The fraction of sp³-hybridized carbons (Fsp3) is 0.500. The Bertz CT molecular complexity index is 418. The number of nitrogens with zero attached hydrogens (tertiary/aromatic N) is 1. The number of carbonyl (C=O) groups is 1. The minimum absolute atomic E-state index is 0.0104. The monoisotopic (exact) mass is 266 g/mol. The summed E-state index contributed by atoms with van der Waals surface area (Å²) in [7, 11) is 0. The summed E-state index contributed by atoms with van der Waals surface area (Å²) in [5.74, 6) is 0.693. The molecule has 1 heterocycles. The van der Waals surface area contributed by atoms with Crippen molar-refractivity contribution in [1.82, 2.24) is 10.2 Å². The highest BCUT2D eigenvalue weighted by Gasteiger charge is 2.31. The SMILES string of the molecule is CCC(C)CN1C(=O)CNC1c1ccc(Cl)cc1. The lowest BCUT2D eigenvalue weighted by Crippen LogP contribution is -2.33. The van der Waals surface area contributed by atoms with E-state index in [1.54, 1.807) is 0 Å². The molecular weight excluding hydrogens is 248 g/mol. The van der Waals surface area contributed by atoms with Crippen LogP contribution in [0.4, 0.5) is 0 Å². The maximum atomic E-state index is 11.9. The van der Waals surface area contributed by atoms with Gasteiger partial charge in [0.1, 0.15) is 6.17 Å². The van der Waals surface area contributed by atoms with Crippen LogP contribution in [0.2, 0.25) is 5.02 Å². The van der Waals surface area contributed by atoms with Crippen LogP contribution in [0.1, 0.15) is 32.0 Å². The third-order valence-corrected chi connectivity index (χ3v) is 3.72. The van der Waals surface area contributed by atoms with Crippen LogP contribution in [0.25, 0.3) is 0 Å². The summed E-state index contributed by atoms with van der Waals surface area (Å²) in [5, 5.41) is 3.97. The lowest BCUT2D eigenvalue weighted by molar-refractivity contribution is -0.128. The van der Waals surface area contributed by atoms with Crippen LogP contribution in [-0.4, -0.2) is 23.9 Å². The number of amides is 1. The molecule has 4 heteroatoms. The smallest absolute Gasteiger partial charge is 0.238 e. The molecule has 1 aliphatic heterocycles.